The van der Waals surface area contributed by atoms with Crippen molar-refractivity contribution in [2.24, 2.45) is 5.92 Å². The first-order valence-electron chi connectivity index (χ1n) is 6.63. The van der Waals surface area contributed by atoms with Gasteiger partial charge in [0.15, 0.2) is 9.84 Å². The lowest BCUT2D eigenvalue weighted by Crippen LogP contribution is -2.35. The molecule has 0 radical (unpaired) electrons. The molecule has 1 fully saturated rings. The molecule has 2 rings (SSSR count). The van der Waals surface area contributed by atoms with Gasteiger partial charge in [-0.2, -0.15) is 0 Å². The van der Waals surface area contributed by atoms with Crippen LogP contribution in [0, 0.1) is 5.92 Å². The number of benzene rings is 1. The second-order valence-corrected chi connectivity index (χ2v) is 8.46. The lowest BCUT2D eigenvalue weighted by Gasteiger charge is -2.28. The third-order valence-corrected chi connectivity index (χ3v) is 6.25. The van der Waals surface area contributed by atoms with Gasteiger partial charge in [0.2, 0.25) is 5.91 Å². The molecule has 0 N–H and O–H groups in total. The molecule has 0 aliphatic carbocycles. The summed E-state index contributed by atoms with van der Waals surface area (Å²) >= 11 is 12.0. The van der Waals surface area contributed by atoms with Crippen molar-refractivity contribution in [1.29, 1.82) is 0 Å². The zero-order valence-corrected chi connectivity index (χ0v) is 14.2. The highest BCUT2D eigenvalue weighted by Crippen LogP contribution is 2.31. The van der Waals surface area contributed by atoms with Crippen LogP contribution in [0.3, 0.4) is 0 Å². The minimum atomic E-state index is -3.07. The van der Waals surface area contributed by atoms with Crippen LogP contribution in [0.4, 0.5) is 0 Å². The molecule has 1 amide bonds. The second kappa shape index (κ2) is 6.15. The van der Waals surface area contributed by atoms with Crippen molar-refractivity contribution < 1.29 is 13.2 Å². The molecule has 1 saturated heterocycles. The summed E-state index contributed by atoms with van der Waals surface area (Å²) in [6.07, 6.45) is 0.395. The van der Waals surface area contributed by atoms with Gasteiger partial charge in [0, 0.05) is 17.1 Å². The lowest BCUT2D eigenvalue weighted by molar-refractivity contribution is -0.135. The summed E-state index contributed by atoms with van der Waals surface area (Å²) in [5.74, 6) is -0.576. The fourth-order valence-corrected chi connectivity index (χ4v) is 4.82. The van der Waals surface area contributed by atoms with Crippen LogP contribution >= 0.6 is 23.2 Å². The van der Waals surface area contributed by atoms with E-state index >= 15 is 0 Å². The van der Waals surface area contributed by atoms with Crippen LogP contribution in [-0.2, 0) is 14.6 Å². The zero-order chi connectivity index (χ0) is 15.8. The number of hydrogen-bond donors (Lipinski definition) is 0. The van der Waals surface area contributed by atoms with Gasteiger partial charge in [-0.1, -0.05) is 29.3 Å². The van der Waals surface area contributed by atoms with E-state index in [1.807, 2.05) is 6.92 Å². The molecule has 4 nitrogen and oxygen atoms in total. The molecule has 0 aromatic heterocycles. The Balaban J connectivity index is 2.15. The summed E-state index contributed by atoms with van der Waals surface area (Å²) in [6.45, 7) is 1.86. The van der Waals surface area contributed by atoms with Crippen molar-refractivity contribution in [1.82, 2.24) is 4.90 Å². The monoisotopic (exact) mass is 349 g/mol. The first-order chi connectivity index (χ1) is 9.71. The number of nitrogens with zero attached hydrogens (tertiary/aromatic N) is 1. The molecule has 0 bridgehead atoms. The van der Waals surface area contributed by atoms with Gasteiger partial charge in [0.05, 0.1) is 23.5 Å². The Kier molecular flexibility index (Phi) is 4.85. The molecule has 0 spiro atoms. The van der Waals surface area contributed by atoms with Crippen LogP contribution in [0.1, 0.15) is 24.9 Å². The quantitative estimate of drug-likeness (QED) is 0.842. The summed E-state index contributed by atoms with van der Waals surface area (Å²) in [5, 5.41) is 1.03. The molecule has 7 heteroatoms. The first-order valence-corrected chi connectivity index (χ1v) is 9.21. The molecule has 21 heavy (non-hydrogen) atoms. The second-order valence-electron chi connectivity index (χ2n) is 5.39. The molecule has 1 aromatic rings. The molecule has 1 aliphatic rings. The normalized spacial score (nSPS) is 22.0. The van der Waals surface area contributed by atoms with Gasteiger partial charge in [-0.15, -0.1) is 0 Å². The number of carbonyl (C=O) groups is 1. The maximum Gasteiger partial charge on any atom is 0.226 e. The maximum absolute atomic E-state index is 12.4. The highest BCUT2D eigenvalue weighted by molar-refractivity contribution is 7.91. The average Bonchev–Trinajstić information content (AvgIpc) is 2.76. The van der Waals surface area contributed by atoms with E-state index in [-0.39, 0.29) is 23.5 Å². The van der Waals surface area contributed by atoms with Gasteiger partial charge in [-0.25, -0.2) is 8.42 Å². The molecule has 0 saturated carbocycles. The van der Waals surface area contributed by atoms with E-state index in [1.54, 1.807) is 30.1 Å². The van der Waals surface area contributed by atoms with Gasteiger partial charge in [0.1, 0.15) is 0 Å². The van der Waals surface area contributed by atoms with E-state index in [1.165, 1.54) is 0 Å². The van der Waals surface area contributed by atoms with Crippen LogP contribution in [0.2, 0.25) is 10.0 Å². The minimum absolute atomic E-state index is 0.0583. The Morgan fingerprint density at radius 3 is 2.57 bits per heavy atom. The lowest BCUT2D eigenvalue weighted by atomic mass is 10.0. The molecule has 1 aromatic carbocycles. The topological polar surface area (TPSA) is 54.5 Å². The predicted molar refractivity (Wildman–Crippen MR) is 84.4 cm³/mol. The molecule has 116 valence electrons. The minimum Gasteiger partial charge on any atom is -0.339 e. The van der Waals surface area contributed by atoms with Crippen LogP contribution in [-0.4, -0.2) is 37.8 Å². The molecule has 2 atom stereocenters. The van der Waals surface area contributed by atoms with Crippen molar-refractivity contribution in [3.05, 3.63) is 33.8 Å². The van der Waals surface area contributed by atoms with Crippen molar-refractivity contribution in [2.75, 3.05) is 18.6 Å². The maximum atomic E-state index is 12.4. The van der Waals surface area contributed by atoms with E-state index in [9.17, 15) is 13.2 Å². The predicted octanol–water partition coefficient (Wildman–Crippen LogP) is 2.95. The summed E-state index contributed by atoms with van der Waals surface area (Å²) in [6, 6.07) is 4.89. The molecule has 1 heterocycles. The Labute approximate surface area is 134 Å². The highest BCUT2D eigenvalue weighted by Gasteiger charge is 2.35. The number of amides is 1. The Bertz CT molecular complexity index is 660. The fraction of sp³-hybridized carbons (Fsp3) is 0.500. The molecular formula is C14H17Cl2NO3S. The van der Waals surface area contributed by atoms with Crippen molar-refractivity contribution in [3.63, 3.8) is 0 Å². The van der Waals surface area contributed by atoms with Crippen LogP contribution in [0.5, 0.6) is 0 Å². The summed E-state index contributed by atoms with van der Waals surface area (Å²) in [5.41, 5.74) is 0.790. The number of carbonyl (C=O) groups excluding carboxylic acids is 1. The van der Waals surface area contributed by atoms with E-state index in [4.69, 9.17) is 23.2 Å². The van der Waals surface area contributed by atoms with Crippen LogP contribution < -0.4 is 0 Å². The van der Waals surface area contributed by atoms with Crippen molar-refractivity contribution in [3.8, 4) is 0 Å². The summed E-state index contributed by atoms with van der Waals surface area (Å²) in [7, 11) is -1.40. The Hall–Kier alpha value is -0.780. The third kappa shape index (κ3) is 3.71. The van der Waals surface area contributed by atoms with E-state index < -0.39 is 15.8 Å². The number of sulfone groups is 1. The zero-order valence-electron chi connectivity index (χ0n) is 11.8. The Morgan fingerprint density at radius 1 is 1.38 bits per heavy atom. The smallest absolute Gasteiger partial charge is 0.226 e. The van der Waals surface area contributed by atoms with Gasteiger partial charge in [-0.05, 0) is 31.0 Å². The third-order valence-electron chi connectivity index (χ3n) is 3.92. The molecule has 0 unspecified atom stereocenters. The van der Waals surface area contributed by atoms with Gasteiger partial charge in [-0.3, -0.25) is 4.79 Å². The van der Waals surface area contributed by atoms with Gasteiger partial charge >= 0.3 is 0 Å². The number of rotatable bonds is 3. The highest BCUT2D eigenvalue weighted by atomic mass is 35.5. The summed E-state index contributed by atoms with van der Waals surface area (Å²) < 4.78 is 23.0. The van der Waals surface area contributed by atoms with Crippen molar-refractivity contribution in [2.45, 2.75) is 19.4 Å². The fourth-order valence-electron chi connectivity index (χ4n) is 2.52. The largest absolute Gasteiger partial charge is 0.339 e. The van der Waals surface area contributed by atoms with Gasteiger partial charge in [0.25, 0.3) is 0 Å². The van der Waals surface area contributed by atoms with Gasteiger partial charge < -0.3 is 4.90 Å². The standard InChI is InChI=1S/C14H17Cl2NO3S/c1-9(12-4-3-11(15)7-13(12)16)17(2)14(18)10-5-6-21(19,20)8-10/h3-4,7,9-10H,5-6,8H2,1-2H3/t9-,10+/m0/s1. The SMILES string of the molecule is C[C@@H](c1ccc(Cl)cc1Cl)N(C)C(=O)[C@@H]1CCS(=O)(=O)C1. The van der Waals surface area contributed by atoms with Crippen LogP contribution in [0.25, 0.3) is 0 Å². The number of hydrogen-bond acceptors (Lipinski definition) is 3. The van der Waals surface area contributed by atoms with Crippen molar-refractivity contribution >= 4 is 38.9 Å². The van der Waals surface area contributed by atoms with E-state index in [0.717, 1.165) is 5.56 Å². The summed E-state index contributed by atoms with van der Waals surface area (Å²) in [4.78, 5) is 14.0. The molecule has 1 aliphatic heterocycles. The molecular weight excluding hydrogens is 333 g/mol. The number of halogens is 2. The van der Waals surface area contributed by atoms with Crippen LogP contribution in [0.15, 0.2) is 18.2 Å². The first kappa shape index (κ1) is 16.6. The van der Waals surface area contributed by atoms with E-state index in [0.29, 0.717) is 16.5 Å². The van der Waals surface area contributed by atoms with E-state index in [2.05, 4.69) is 0 Å². The Morgan fingerprint density at radius 2 is 2.05 bits per heavy atom. The average molecular weight is 350 g/mol.